The average molecular weight is 563 g/mol. The Morgan fingerprint density at radius 2 is 0.810 bits per heavy atom. The molecule has 0 atom stereocenters. The van der Waals surface area contributed by atoms with Crippen LogP contribution < -0.4 is 9.47 Å². The molecule has 6 heteroatoms. The largest absolute Gasteiger partial charge is 0.494 e. The second kappa shape index (κ2) is 13.7. The molecule has 0 unspecified atom stereocenters. The normalized spacial score (nSPS) is 11.0. The first-order valence-corrected chi connectivity index (χ1v) is 14.3. The first-order chi connectivity index (χ1) is 20.5. The highest BCUT2D eigenvalue weighted by molar-refractivity contribution is 6.21. The fourth-order valence-corrected chi connectivity index (χ4v) is 5.32. The molecule has 5 rings (SSSR count). The first kappa shape index (κ1) is 28.7. The summed E-state index contributed by atoms with van der Waals surface area (Å²) >= 11 is 0. The number of carbonyl (C=O) groups is 2. The van der Waals surface area contributed by atoms with Crippen molar-refractivity contribution in [2.45, 2.75) is 38.5 Å². The van der Waals surface area contributed by atoms with Gasteiger partial charge in [-0.1, -0.05) is 72.8 Å². The molecule has 0 radical (unpaired) electrons. The first-order valence-electron chi connectivity index (χ1n) is 14.3. The van der Waals surface area contributed by atoms with Crippen molar-refractivity contribution in [3.63, 3.8) is 0 Å². The molecule has 0 aliphatic carbocycles. The third kappa shape index (κ3) is 6.89. The number of carboxylic acid groups (broad SMARTS) is 2. The van der Waals surface area contributed by atoms with Crippen molar-refractivity contribution < 1.29 is 29.3 Å². The Hall–Kier alpha value is -4.84. The Bertz CT molecular complexity index is 1490. The van der Waals surface area contributed by atoms with Crippen LogP contribution in [-0.2, 0) is 9.59 Å². The van der Waals surface area contributed by atoms with E-state index in [-0.39, 0.29) is 12.8 Å². The summed E-state index contributed by atoms with van der Waals surface area (Å²) in [5.74, 6) is -0.0258. The van der Waals surface area contributed by atoms with Crippen molar-refractivity contribution in [3.05, 3.63) is 97.1 Å². The van der Waals surface area contributed by atoms with Gasteiger partial charge < -0.3 is 19.7 Å². The standard InChI is InChI=1S/C36H34O6/c37-33(38)13-5-7-23-41-27-19-15-25(16-20-27)35-29-9-1-2-10-30(29)36(32-12-4-3-11-31(32)35)26-17-21-28(22-18-26)42-24-8-6-14-34(39)40/h1-4,9-12,15-22H,5-8,13-14,23-24H2,(H,37,38)(H,39,40). The predicted molar refractivity (Wildman–Crippen MR) is 166 cm³/mol. The van der Waals surface area contributed by atoms with Gasteiger partial charge in [-0.2, -0.15) is 0 Å². The molecule has 0 aliphatic heterocycles. The van der Waals surface area contributed by atoms with E-state index in [9.17, 15) is 9.59 Å². The van der Waals surface area contributed by atoms with Crippen LogP contribution in [-0.4, -0.2) is 35.4 Å². The fraction of sp³-hybridized carbons (Fsp3) is 0.222. The minimum Gasteiger partial charge on any atom is -0.494 e. The topological polar surface area (TPSA) is 93.1 Å². The molecule has 0 saturated heterocycles. The van der Waals surface area contributed by atoms with Gasteiger partial charge in [0.25, 0.3) is 0 Å². The maximum Gasteiger partial charge on any atom is 0.303 e. The average Bonchev–Trinajstić information content (AvgIpc) is 3.00. The van der Waals surface area contributed by atoms with Crippen LogP contribution in [0.1, 0.15) is 38.5 Å². The number of aliphatic carboxylic acids is 2. The molecular weight excluding hydrogens is 528 g/mol. The van der Waals surface area contributed by atoms with E-state index in [1.807, 2.05) is 24.3 Å². The van der Waals surface area contributed by atoms with Gasteiger partial charge in [0.05, 0.1) is 13.2 Å². The molecule has 0 amide bonds. The van der Waals surface area contributed by atoms with Crippen LogP contribution in [0.3, 0.4) is 0 Å². The number of hydrogen-bond donors (Lipinski definition) is 2. The van der Waals surface area contributed by atoms with Gasteiger partial charge in [-0.15, -0.1) is 0 Å². The lowest BCUT2D eigenvalue weighted by molar-refractivity contribution is -0.138. The molecule has 214 valence electrons. The van der Waals surface area contributed by atoms with Gasteiger partial charge in [0.1, 0.15) is 11.5 Å². The summed E-state index contributed by atoms with van der Waals surface area (Å²) in [6.45, 7) is 0.976. The molecule has 0 saturated carbocycles. The van der Waals surface area contributed by atoms with Gasteiger partial charge in [-0.05, 0) is 93.7 Å². The molecule has 0 bridgehead atoms. The monoisotopic (exact) mass is 562 g/mol. The highest BCUT2D eigenvalue weighted by atomic mass is 16.5. The van der Waals surface area contributed by atoms with Crippen LogP contribution in [0, 0.1) is 0 Å². The smallest absolute Gasteiger partial charge is 0.303 e. The van der Waals surface area contributed by atoms with E-state index in [0.717, 1.165) is 44.2 Å². The van der Waals surface area contributed by atoms with Crippen molar-refractivity contribution >= 4 is 33.5 Å². The summed E-state index contributed by atoms with van der Waals surface area (Å²) in [5, 5.41) is 22.3. The maximum atomic E-state index is 10.7. The van der Waals surface area contributed by atoms with Gasteiger partial charge in [0.2, 0.25) is 0 Å². The quantitative estimate of drug-likeness (QED) is 0.104. The van der Waals surface area contributed by atoms with Crippen molar-refractivity contribution in [2.24, 2.45) is 0 Å². The molecule has 2 N–H and O–H groups in total. The Kier molecular flexibility index (Phi) is 9.34. The lowest BCUT2D eigenvalue weighted by Crippen LogP contribution is -2.00. The van der Waals surface area contributed by atoms with Gasteiger partial charge in [0, 0.05) is 12.8 Å². The third-order valence-electron chi connectivity index (χ3n) is 7.32. The Labute approximate surface area is 245 Å². The minimum absolute atomic E-state index is 0.159. The second-order valence-electron chi connectivity index (χ2n) is 10.3. The van der Waals surface area contributed by atoms with E-state index >= 15 is 0 Å². The Balaban J connectivity index is 1.43. The SMILES string of the molecule is O=C(O)CCCCOc1ccc(-c2c3ccccc3c(-c3ccc(OCCCCC(=O)O)cc3)c3ccccc23)cc1. The van der Waals surface area contributed by atoms with E-state index in [0.29, 0.717) is 38.9 Å². The highest BCUT2D eigenvalue weighted by Gasteiger charge is 2.16. The second-order valence-corrected chi connectivity index (χ2v) is 10.3. The number of unbranched alkanes of at least 4 members (excludes halogenated alkanes) is 2. The van der Waals surface area contributed by atoms with Gasteiger partial charge >= 0.3 is 11.9 Å². The van der Waals surface area contributed by atoms with Crippen molar-refractivity contribution in [1.29, 1.82) is 0 Å². The Morgan fingerprint density at radius 3 is 1.12 bits per heavy atom. The number of carboxylic acids is 2. The van der Waals surface area contributed by atoms with Gasteiger partial charge in [0.15, 0.2) is 0 Å². The van der Waals surface area contributed by atoms with E-state index in [2.05, 4.69) is 72.8 Å². The number of hydrogen-bond acceptors (Lipinski definition) is 4. The molecule has 5 aromatic carbocycles. The zero-order valence-electron chi connectivity index (χ0n) is 23.4. The zero-order valence-corrected chi connectivity index (χ0v) is 23.4. The minimum atomic E-state index is -0.780. The molecule has 5 aromatic rings. The van der Waals surface area contributed by atoms with Crippen molar-refractivity contribution in [1.82, 2.24) is 0 Å². The van der Waals surface area contributed by atoms with Crippen molar-refractivity contribution in [3.8, 4) is 33.8 Å². The molecule has 0 fully saturated rings. The van der Waals surface area contributed by atoms with E-state index in [1.165, 1.54) is 11.1 Å². The fourth-order valence-electron chi connectivity index (χ4n) is 5.32. The van der Waals surface area contributed by atoms with Crippen LogP contribution >= 0.6 is 0 Å². The molecule has 42 heavy (non-hydrogen) atoms. The molecule has 0 spiro atoms. The maximum absolute atomic E-state index is 10.7. The summed E-state index contributed by atoms with van der Waals surface area (Å²) in [6, 6.07) is 33.2. The summed E-state index contributed by atoms with van der Waals surface area (Å²) in [5.41, 5.74) is 4.52. The molecule has 0 heterocycles. The summed E-state index contributed by atoms with van der Waals surface area (Å²) in [7, 11) is 0. The Morgan fingerprint density at radius 1 is 0.476 bits per heavy atom. The summed E-state index contributed by atoms with van der Waals surface area (Å²) in [4.78, 5) is 21.4. The van der Waals surface area contributed by atoms with E-state index in [4.69, 9.17) is 19.7 Å². The third-order valence-corrected chi connectivity index (χ3v) is 7.32. The summed E-state index contributed by atoms with van der Waals surface area (Å²) < 4.78 is 11.7. The van der Waals surface area contributed by atoms with Crippen molar-refractivity contribution in [2.75, 3.05) is 13.2 Å². The molecular formula is C36H34O6. The molecule has 6 nitrogen and oxygen atoms in total. The van der Waals surface area contributed by atoms with Crippen LogP contribution in [0.15, 0.2) is 97.1 Å². The van der Waals surface area contributed by atoms with Crippen LogP contribution in [0.2, 0.25) is 0 Å². The van der Waals surface area contributed by atoms with Gasteiger partial charge in [-0.3, -0.25) is 9.59 Å². The summed E-state index contributed by atoms with van der Waals surface area (Å²) in [6.07, 6.45) is 2.92. The lowest BCUT2D eigenvalue weighted by Gasteiger charge is -2.18. The van der Waals surface area contributed by atoms with E-state index in [1.54, 1.807) is 0 Å². The number of ether oxygens (including phenoxy) is 2. The molecule has 0 aromatic heterocycles. The number of rotatable bonds is 14. The highest BCUT2D eigenvalue weighted by Crippen LogP contribution is 2.44. The van der Waals surface area contributed by atoms with Gasteiger partial charge in [-0.25, -0.2) is 0 Å². The number of fused-ring (bicyclic) bond motifs is 2. The molecule has 0 aliphatic rings. The van der Waals surface area contributed by atoms with Crippen LogP contribution in [0.25, 0.3) is 43.8 Å². The zero-order chi connectivity index (χ0) is 29.3. The number of benzene rings is 5. The lowest BCUT2D eigenvalue weighted by atomic mass is 9.86. The van der Waals surface area contributed by atoms with Crippen LogP contribution in [0.4, 0.5) is 0 Å². The van der Waals surface area contributed by atoms with Crippen LogP contribution in [0.5, 0.6) is 11.5 Å². The predicted octanol–water partition coefficient (Wildman–Crippen LogP) is 8.59. The van der Waals surface area contributed by atoms with E-state index < -0.39 is 11.9 Å².